The molecule has 0 radical (unpaired) electrons. The number of nitrogens with one attached hydrogen (secondary N) is 1. The van der Waals surface area contributed by atoms with Crippen molar-refractivity contribution < 1.29 is 5.11 Å². The highest BCUT2D eigenvalue weighted by Crippen LogP contribution is 2.18. The zero-order valence-electron chi connectivity index (χ0n) is 10.6. The lowest BCUT2D eigenvalue weighted by atomic mass is 10.1. The summed E-state index contributed by atoms with van der Waals surface area (Å²) in [6.45, 7) is 2.55. The third-order valence-electron chi connectivity index (χ3n) is 3.18. The molecule has 0 saturated carbocycles. The third-order valence-corrected chi connectivity index (χ3v) is 3.18. The van der Waals surface area contributed by atoms with Crippen LogP contribution in [0.3, 0.4) is 0 Å². The molecular weight excluding hydrogens is 240 g/mol. The van der Waals surface area contributed by atoms with Crippen LogP contribution in [0.2, 0.25) is 0 Å². The summed E-state index contributed by atoms with van der Waals surface area (Å²) in [4.78, 5) is 14.7. The lowest BCUT2D eigenvalue weighted by Gasteiger charge is -2.04. The van der Waals surface area contributed by atoms with Gasteiger partial charge in [-0.2, -0.15) is 0 Å². The fourth-order valence-corrected chi connectivity index (χ4v) is 2.30. The van der Waals surface area contributed by atoms with Gasteiger partial charge in [0.25, 0.3) is 0 Å². The zero-order valence-corrected chi connectivity index (χ0v) is 10.6. The van der Waals surface area contributed by atoms with Crippen LogP contribution in [0.5, 0.6) is 5.75 Å². The summed E-state index contributed by atoms with van der Waals surface area (Å²) in [5.74, 6) is 0.149. The van der Waals surface area contributed by atoms with E-state index in [0.717, 1.165) is 11.1 Å². The van der Waals surface area contributed by atoms with Gasteiger partial charge in [0.1, 0.15) is 5.75 Å². The molecule has 0 spiro atoms. The number of hydrogen-bond acceptors (Lipinski definition) is 2. The fraction of sp³-hybridized carbons (Fsp3) is 0.133. The maximum atomic E-state index is 12.0. The molecule has 0 aliphatic carbocycles. The number of aryl methyl sites for hydroxylation is 1. The summed E-state index contributed by atoms with van der Waals surface area (Å²) in [6, 6.07) is 13.0. The van der Waals surface area contributed by atoms with E-state index < -0.39 is 0 Å². The van der Waals surface area contributed by atoms with E-state index in [9.17, 15) is 9.90 Å². The van der Waals surface area contributed by atoms with Gasteiger partial charge in [0.05, 0.1) is 17.6 Å². The molecule has 0 amide bonds. The molecular formula is C15H14N2O2. The van der Waals surface area contributed by atoms with Crippen LogP contribution in [0, 0.1) is 6.92 Å². The van der Waals surface area contributed by atoms with Crippen LogP contribution in [0.15, 0.2) is 47.3 Å². The molecule has 0 saturated heterocycles. The first-order chi connectivity index (χ1) is 9.13. The first-order valence-electron chi connectivity index (χ1n) is 6.10. The summed E-state index contributed by atoms with van der Waals surface area (Å²) in [5, 5.41) is 9.43. The van der Waals surface area contributed by atoms with E-state index in [2.05, 4.69) is 11.1 Å². The number of aromatic nitrogens is 2. The van der Waals surface area contributed by atoms with Crippen molar-refractivity contribution in [1.29, 1.82) is 0 Å². The monoisotopic (exact) mass is 254 g/mol. The van der Waals surface area contributed by atoms with E-state index in [1.54, 1.807) is 22.8 Å². The largest absolute Gasteiger partial charge is 0.508 e. The van der Waals surface area contributed by atoms with E-state index in [4.69, 9.17) is 0 Å². The van der Waals surface area contributed by atoms with Gasteiger partial charge in [0, 0.05) is 6.07 Å². The average molecular weight is 254 g/mol. The molecule has 1 aromatic heterocycles. The minimum absolute atomic E-state index is 0.149. The minimum Gasteiger partial charge on any atom is -0.508 e. The van der Waals surface area contributed by atoms with Crippen LogP contribution < -0.4 is 5.69 Å². The number of hydrogen-bond donors (Lipinski definition) is 2. The second-order valence-electron chi connectivity index (χ2n) is 4.71. The number of rotatable bonds is 2. The molecule has 0 unspecified atom stereocenters. The van der Waals surface area contributed by atoms with Gasteiger partial charge in [-0.05, 0) is 24.6 Å². The second-order valence-corrected chi connectivity index (χ2v) is 4.71. The Bertz CT molecular complexity index is 799. The van der Waals surface area contributed by atoms with Crippen LogP contribution in [-0.4, -0.2) is 14.7 Å². The Morgan fingerprint density at radius 3 is 2.84 bits per heavy atom. The standard InChI is InChI=1S/C15H14N2O2/c1-10-3-2-4-11(7-10)9-17-14-6-5-12(18)8-13(14)16-15(17)19/h2-8,18H,9H2,1H3,(H,16,19). The molecule has 0 atom stereocenters. The predicted molar refractivity (Wildman–Crippen MR) is 74.5 cm³/mol. The van der Waals surface area contributed by atoms with Crippen LogP contribution in [0.1, 0.15) is 11.1 Å². The van der Waals surface area contributed by atoms with Gasteiger partial charge in [0.2, 0.25) is 0 Å². The van der Waals surface area contributed by atoms with Crippen molar-refractivity contribution in [2.45, 2.75) is 13.5 Å². The van der Waals surface area contributed by atoms with Crippen molar-refractivity contribution in [3.8, 4) is 5.75 Å². The van der Waals surface area contributed by atoms with Gasteiger partial charge in [0.15, 0.2) is 0 Å². The molecule has 96 valence electrons. The molecule has 1 heterocycles. The summed E-state index contributed by atoms with van der Waals surface area (Å²) in [6.07, 6.45) is 0. The number of aromatic amines is 1. The fourth-order valence-electron chi connectivity index (χ4n) is 2.30. The molecule has 2 aromatic carbocycles. The van der Waals surface area contributed by atoms with Crippen molar-refractivity contribution in [3.05, 3.63) is 64.1 Å². The number of H-pyrrole nitrogens is 1. The van der Waals surface area contributed by atoms with E-state index in [1.807, 2.05) is 25.1 Å². The second kappa shape index (κ2) is 4.31. The van der Waals surface area contributed by atoms with Crippen molar-refractivity contribution in [3.63, 3.8) is 0 Å². The van der Waals surface area contributed by atoms with Crippen molar-refractivity contribution in [2.75, 3.05) is 0 Å². The van der Waals surface area contributed by atoms with Crippen LogP contribution in [0.25, 0.3) is 11.0 Å². The maximum Gasteiger partial charge on any atom is 0.326 e. The number of phenolic OH excluding ortho intramolecular Hbond substituents is 1. The normalized spacial score (nSPS) is 11.0. The molecule has 4 heteroatoms. The first-order valence-corrected chi connectivity index (χ1v) is 6.10. The van der Waals surface area contributed by atoms with Gasteiger partial charge in [-0.3, -0.25) is 4.57 Å². The first kappa shape index (κ1) is 11.6. The third kappa shape index (κ3) is 2.12. The Labute approximate surface area is 109 Å². The highest BCUT2D eigenvalue weighted by molar-refractivity contribution is 5.76. The highest BCUT2D eigenvalue weighted by atomic mass is 16.3. The molecule has 3 aromatic rings. The Kier molecular flexibility index (Phi) is 2.63. The van der Waals surface area contributed by atoms with E-state index in [-0.39, 0.29) is 11.4 Å². The Morgan fingerprint density at radius 1 is 1.21 bits per heavy atom. The molecule has 0 bridgehead atoms. The average Bonchev–Trinajstić information content (AvgIpc) is 2.65. The molecule has 0 fully saturated rings. The number of fused-ring (bicyclic) bond motifs is 1. The number of nitrogens with zero attached hydrogens (tertiary/aromatic N) is 1. The Hall–Kier alpha value is -2.49. The SMILES string of the molecule is Cc1cccc(Cn2c(=O)[nH]c3cc(O)ccc32)c1. The van der Waals surface area contributed by atoms with Crippen molar-refractivity contribution >= 4 is 11.0 Å². The number of imidazole rings is 1. The quantitative estimate of drug-likeness (QED) is 0.737. The number of benzene rings is 2. The van der Waals surface area contributed by atoms with E-state index in [0.29, 0.717) is 12.1 Å². The topological polar surface area (TPSA) is 58.0 Å². The van der Waals surface area contributed by atoms with Gasteiger partial charge in [-0.15, -0.1) is 0 Å². The summed E-state index contributed by atoms with van der Waals surface area (Å²) < 4.78 is 1.67. The number of phenols is 1. The number of aromatic hydroxyl groups is 1. The van der Waals surface area contributed by atoms with E-state index >= 15 is 0 Å². The molecule has 0 aliphatic heterocycles. The maximum absolute atomic E-state index is 12.0. The minimum atomic E-state index is -0.165. The van der Waals surface area contributed by atoms with Gasteiger partial charge in [-0.1, -0.05) is 29.8 Å². The Balaban J connectivity index is 2.10. The van der Waals surface area contributed by atoms with Crippen molar-refractivity contribution in [1.82, 2.24) is 9.55 Å². The molecule has 2 N–H and O–H groups in total. The molecule has 0 aliphatic rings. The highest BCUT2D eigenvalue weighted by Gasteiger charge is 2.07. The van der Waals surface area contributed by atoms with Crippen LogP contribution in [-0.2, 0) is 6.54 Å². The summed E-state index contributed by atoms with van der Waals surface area (Å²) >= 11 is 0. The van der Waals surface area contributed by atoms with Gasteiger partial charge >= 0.3 is 5.69 Å². The molecule has 19 heavy (non-hydrogen) atoms. The van der Waals surface area contributed by atoms with Crippen LogP contribution in [0.4, 0.5) is 0 Å². The Morgan fingerprint density at radius 2 is 2.05 bits per heavy atom. The van der Waals surface area contributed by atoms with E-state index in [1.165, 1.54) is 5.56 Å². The summed E-state index contributed by atoms with van der Waals surface area (Å²) in [5.41, 5.74) is 3.53. The molecule has 4 nitrogen and oxygen atoms in total. The summed E-state index contributed by atoms with van der Waals surface area (Å²) in [7, 11) is 0. The van der Waals surface area contributed by atoms with Crippen molar-refractivity contribution in [2.24, 2.45) is 0 Å². The van der Waals surface area contributed by atoms with Gasteiger partial charge < -0.3 is 10.1 Å². The smallest absolute Gasteiger partial charge is 0.326 e. The zero-order chi connectivity index (χ0) is 13.4. The lowest BCUT2D eigenvalue weighted by molar-refractivity contribution is 0.476. The van der Waals surface area contributed by atoms with Gasteiger partial charge in [-0.25, -0.2) is 4.79 Å². The molecule has 3 rings (SSSR count). The lowest BCUT2D eigenvalue weighted by Crippen LogP contribution is -2.17. The van der Waals surface area contributed by atoms with Crippen LogP contribution >= 0.6 is 0 Å². The predicted octanol–water partition coefficient (Wildman–Crippen LogP) is 2.39.